The Morgan fingerprint density at radius 2 is 1.89 bits per heavy atom. The quantitative estimate of drug-likeness (QED) is 0.528. The summed E-state index contributed by atoms with van der Waals surface area (Å²) in [6.45, 7) is 3.64. The van der Waals surface area contributed by atoms with Crippen molar-refractivity contribution in [3.05, 3.63) is 42.1 Å². The molecule has 0 N–H and O–H groups in total. The number of carbonyl (C=O) groups is 1. The normalized spacial score (nSPS) is 19.3. The summed E-state index contributed by atoms with van der Waals surface area (Å²) >= 11 is 1.61. The number of piperidine rings is 1. The molecule has 0 bridgehead atoms. The second-order valence-electron chi connectivity index (χ2n) is 8.83. The van der Waals surface area contributed by atoms with Gasteiger partial charge in [0.15, 0.2) is 5.13 Å². The molecule has 0 spiro atoms. The van der Waals surface area contributed by atoms with Gasteiger partial charge in [-0.15, -0.1) is 0 Å². The number of benzene rings is 1. The second kappa shape index (κ2) is 9.52. The minimum Gasteiger partial charge on any atom is -0.497 e. The monoisotopic (exact) mass is 505 g/mol. The Bertz CT molecular complexity index is 1190. The number of anilines is 2. The van der Waals surface area contributed by atoms with Crippen LogP contribution in [0.25, 0.3) is 10.2 Å². The number of hydrogen-bond acceptors (Lipinski definition) is 7. The molecule has 2 saturated heterocycles. The number of methoxy groups -OCH3 is 1. The van der Waals surface area contributed by atoms with Gasteiger partial charge in [-0.1, -0.05) is 11.3 Å². The molecule has 3 aromatic rings. The Hall–Kier alpha value is -3.08. The van der Waals surface area contributed by atoms with Gasteiger partial charge < -0.3 is 19.4 Å². The molecule has 1 atom stereocenters. The summed E-state index contributed by atoms with van der Waals surface area (Å²) in [4.78, 5) is 28.0. The van der Waals surface area contributed by atoms with Gasteiger partial charge >= 0.3 is 6.18 Å². The van der Waals surface area contributed by atoms with Crippen LogP contribution in [0.4, 0.5) is 24.1 Å². The van der Waals surface area contributed by atoms with Crippen LogP contribution in [0.15, 0.2) is 36.5 Å². The molecular formula is C24H26F3N5O2S. The van der Waals surface area contributed by atoms with Gasteiger partial charge in [-0.25, -0.2) is 9.97 Å². The van der Waals surface area contributed by atoms with Crippen molar-refractivity contribution in [1.82, 2.24) is 14.9 Å². The topological polar surface area (TPSA) is 61.8 Å². The zero-order valence-corrected chi connectivity index (χ0v) is 20.1. The van der Waals surface area contributed by atoms with Gasteiger partial charge in [0.25, 0.3) is 0 Å². The van der Waals surface area contributed by atoms with Gasteiger partial charge in [0, 0.05) is 45.5 Å². The summed E-state index contributed by atoms with van der Waals surface area (Å²) in [5, 5.41) is 0.920. The standard InChI is InChI=1S/C24H26F3N5O2S/c1-34-18-5-6-19-20(13-18)35-23(29-19)32-8-2-3-16(15-32)22(33)31-11-9-30(10-12-31)21-7-4-17(14-28-21)24(25,26)27/h4-7,13-14,16H,2-3,8-12,15H2,1H3. The maximum Gasteiger partial charge on any atom is 0.417 e. The summed E-state index contributed by atoms with van der Waals surface area (Å²) < 4.78 is 44.7. The number of ether oxygens (including phenoxy) is 1. The van der Waals surface area contributed by atoms with E-state index in [-0.39, 0.29) is 11.8 Å². The van der Waals surface area contributed by atoms with E-state index in [0.717, 1.165) is 52.7 Å². The van der Waals surface area contributed by atoms with Crippen LogP contribution in [0.5, 0.6) is 5.75 Å². The molecule has 0 saturated carbocycles. The summed E-state index contributed by atoms with van der Waals surface area (Å²) in [5.41, 5.74) is 0.163. The first kappa shape index (κ1) is 23.7. The molecule has 2 fully saturated rings. The van der Waals surface area contributed by atoms with Crippen LogP contribution in [0.2, 0.25) is 0 Å². The highest BCUT2D eigenvalue weighted by Crippen LogP contribution is 2.34. The number of piperazine rings is 1. The molecule has 0 radical (unpaired) electrons. The maximum absolute atomic E-state index is 13.3. The minimum absolute atomic E-state index is 0.0963. The number of alkyl halides is 3. The van der Waals surface area contributed by atoms with Crippen LogP contribution in [-0.2, 0) is 11.0 Å². The third-order valence-corrected chi connectivity index (χ3v) is 7.69. The van der Waals surface area contributed by atoms with Crippen molar-refractivity contribution in [2.45, 2.75) is 19.0 Å². The second-order valence-corrected chi connectivity index (χ2v) is 9.84. The van der Waals surface area contributed by atoms with Crippen molar-refractivity contribution in [3.8, 4) is 5.75 Å². The van der Waals surface area contributed by atoms with E-state index in [2.05, 4.69) is 9.88 Å². The lowest BCUT2D eigenvalue weighted by Gasteiger charge is -2.39. The molecule has 11 heteroatoms. The van der Waals surface area contributed by atoms with Crippen molar-refractivity contribution in [3.63, 3.8) is 0 Å². The molecule has 2 aliphatic rings. The van der Waals surface area contributed by atoms with E-state index >= 15 is 0 Å². The molecule has 7 nitrogen and oxygen atoms in total. The Balaban J connectivity index is 1.19. The lowest BCUT2D eigenvalue weighted by atomic mass is 9.96. The number of nitrogens with zero attached hydrogens (tertiary/aromatic N) is 5. The lowest BCUT2D eigenvalue weighted by Crippen LogP contribution is -2.52. The van der Waals surface area contributed by atoms with Crippen LogP contribution < -0.4 is 14.5 Å². The number of amides is 1. The number of carbonyl (C=O) groups excluding carboxylic acids is 1. The SMILES string of the molecule is COc1ccc2nc(N3CCCC(C(=O)N4CCN(c5ccc(C(F)(F)F)cn5)CC4)C3)sc2c1. The van der Waals surface area contributed by atoms with E-state index in [1.165, 1.54) is 6.07 Å². The number of aromatic nitrogens is 2. The van der Waals surface area contributed by atoms with Gasteiger partial charge in [-0.05, 0) is 43.2 Å². The van der Waals surface area contributed by atoms with E-state index in [4.69, 9.17) is 9.72 Å². The Labute approximate surface area is 205 Å². The molecule has 5 rings (SSSR count). The molecule has 2 aliphatic heterocycles. The number of fused-ring (bicyclic) bond motifs is 1. The van der Waals surface area contributed by atoms with Crippen LogP contribution in [0.3, 0.4) is 0 Å². The number of rotatable bonds is 4. The van der Waals surface area contributed by atoms with E-state index in [9.17, 15) is 18.0 Å². The average Bonchev–Trinajstić information content (AvgIpc) is 3.31. The first-order chi connectivity index (χ1) is 16.8. The highest BCUT2D eigenvalue weighted by molar-refractivity contribution is 7.22. The summed E-state index contributed by atoms with van der Waals surface area (Å²) in [5.74, 6) is 1.34. The average molecular weight is 506 g/mol. The van der Waals surface area contributed by atoms with Crippen molar-refractivity contribution in [2.24, 2.45) is 5.92 Å². The maximum atomic E-state index is 13.3. The van der Waals surface area contributed by atoms with E-state index in [0.29, 0.717) is 38.5 Å². The molecule has 0 aliphatic carbocycles. The van der Waals surface area contributed by atoms with Gasteiger partial charge in [-0.3, -0.25) is 4.79 Å². The van der Waals surface area contributed by atoms with Gasteiger partial charge in [0.2, 0.25) is 5.91 Å². The van der Waals surface area contributed by atoms with Crippen molar-refractivity contribution in [1.29, 1.82) is 0 Å². The van der Waals surface area contributed by atoms with Crippen LogP contribution in [-0.4, -0.2) is 67.2 Å². The Morgan fingerprint density at radius 1 is 1.09 bits per heavy atom. The van der Waals surface area contributed by atoms with Crippen molar-refractivity contribution < 1.29 is 22.7 Å². The van der Waals surface area contributed by atoms with Gasteiger partial charge in [0.05, 0.1) is 28.8 Å². The molecule has 186 valence electrons. The zero-order valence-electron chi connectivity index (χ0n) is 19.3. The molecule has 1 amide bonds. The smallest absolute Gasteiger partial charge is 0.417 e. The summed E-state index contributed by atoms with van der Waals surface area (Å²) in [6, 6.07) is 8.27. The highest BCUT2D eigenvalue weighted by atomic mass is 32.1. The Kier molecular flexibility index (Phi) is 6.43. The third-order valence-electron chi connectivity index (χ3n) is 6.62. The van der Waals surface area contributed by atoms with Crippen molar-refractivity contribution in [2.75, 3.05) is 56.2 Å². The number of halogens is 3. The first-order valence-electron chi connectivity index (χ1n) is 11.6. The van der Waals surface area contributed by atoms with Crippen LogP contribution >= 0.6 is 11.3 Å². The van der Waals surface area contributed by atoms with Crippen molar-refractivity contribution >= 4 is 38.4 Å². The minimum atomic E-state index is -4.40. The molecule has 2 aromatic heterocycles. The predicted molar refractivity (Wildman–Crippen MR) is 129 cm³/mol. The van der Waals surface area contributed by atoms with Crippen LogP contribution in [0, 0.1) is 5.92 Å². The highest BCUT2D eigenvalue weighted by Gasteiger charge is 2.33. The summed E-state index contributed by atoms with van der Waals surface area (Å²) in [6.07, 6.45) is -1.77. The summed E-state index contributed by atoms with van der Waals surface area (Å²) in [7, 11) is 1.64. The fourth-order valence-electron chi connectivity index (χ4n) is 4.66. The largest absolute Gasteiger partial charge is 0.497 e. The Morgan fingerprint density at radius 3 is 2.57 bits per heavy atom. The fourth-order valence-corrected chi connectivity index (χ4v) is 5.69. The fraction of sp³-hybridized carbons (Fsp3) is 0.458. The molecule has 1 aromatic carbocycles. The first-order valence-corrected chi connectivity index (χ1v) is 12.4. The molecule has 35 heavy (non-hydrogen) atoms. The third kappa shape index (κ3) is 5.00. The van der Waals surface area contributed by atoms with E-state index in [1.54, 1.807) is 18.4 Å². The lowest BCUT2D eigenvalue weighted by molar-refractivity contribution is -0.138. The predicted octanol–water partition coefficient (Wildman–Crippen LogP) is 4.28. The molecule has 1 unspecified atom stereocenters. The molecule has 4 heterocycles. The molecular weight excluding hydrogens is 479 g/mol. The number of thiazole rings is 1. The number of pyridine rings is 1. The van der Waals surface area contributed by atoms with Gasteiger partial charge in [-0.2, -0.15) is 13.2 Å². The number of hydrogen-bond donors (Lipinski definition) is 0. The van der Waals surface area contributed by atoms with E-state index in [1.807, 2.05) is 28.0 Å². The van der Waals surface area contributed by atoms with E-state index < -0.39 is 11.7 Å². The van der Waals surface area contributed by atoms with Crippen LogP contribution in [0.1, 0.15) is 18.4 Å². The zero-order chi connectivity index (χ0) is 24.6. The van der Waals surface area contributed by atoms with Gasteiger partial charge in [0.1, 0.15) is 11.6 Å².